The highest BCUT2D eigenvalue weighted by molar-refractivity contribution is 5.95. The Labute approximate surface area is 109 Å². The monoisotopic (exact) mass is 250 g/mol. The number of aryl methyl sites for hydroxylation is 2. The van der Waals surface area contributed by atoms with E-state index >= 15 is 0 Å². The number of hydrogen-bond donors (Lipinski definition) is 2. The minimum Gasteiger partial charge on any atom is -0.383 e. The number of benzene rings is 1. The van der Waals surface area contributed by atoms with Crippen molar-refractivity contribution in [1.29, 1.82) is 0 Å². The molecular weight excluding hydrogens is 228 g/mol. The van der Waals surface area contributed by atoms with Gasteiger partial charge in [0.1, 0.15) is 6.04 Å². The van der Waals surface area contributed by atoms with Crippen molar-refractivity contribution >= 4 is 11.6 Å². The molecule has 0 aromatic heterocycles. The predicted molar refractivity (Wildman–Crippen MR) is 73.7 cm³/mol. The molecule has 0 spiro atoms. The summed E-state index contributed by atoms with van der Waals surface area (Å²) >= 11 is 0. The lowest BCUT2D eigenvalue weighted by molar-refractivity contribution is -0.118. The van der Waals surface area contributed by atoms with E-state index in [1.54, 1.807) is 0 Å². The number of nitrogens with two attached hydrogens (primary N) is 1. The van der Waals surface area contributed by atoms with Crippen LogP contribution in [0, 0.1) is 0 Å². The maximum absolute atomic E-state index is 11.9. The van der Waals surface area contributed by atoms with Crippen molar-refractivity contribution < 1.29 is 9.53 Å². The van der Waals surface area contributed by atoms with Gasteiger partial charge in [0, 0.05) is 12.8 Å². The Hall–Kier alpha value is -1.39. The van der Waals surface area contributed by atoms with E-state index in [1.165, 1.54) is 12.7 Å². The number of methoxy groups -OCH3 is 1. The first kappa shape index (κ1) is 14.7. The number of anilines is 1. The molecule has 0 aliphatic rings. The number of ether oxygens (including phenoxy) is 1. The smallest absolute Gasteiger partial charge is 0.243 e. The quantitative estimate of drug-likeness (QED) is 0.808. The number of nitrogens with one attached hydrogen (secondary N) is 1. The van der Waals surface area contributed by atoms with Crippen molar-refractivity contribution in [3.63, 3.8) is 0 Å². The SMILES string of the molecule is CCc1ccc(CC)c(NC(=O)C(N)COC)c1. The summed E-state index contributed by atoms with van der Waals surface area (Å²) < 4.78 is 4.88. The van der Waals surface area contributed by atoms with Crippen LogP contribution in [-0.2, 0) is 22.4 Å². The van der Waals surface area contributed by atoms with E-state index in [0.29, 0.717) is 0 Å². The van der Waals surface area contributed by atoms with E-state index in [4.69, 9.17) is 10.5 Å². The molecule has 1 aromatic carbocycles. The van der Waals surface area contributed by atoms with Crippen LogP contribution in [-0.4, -0.2) is 25.7 Å². The molecule has 0 radical (unpaired) electrons. The highest BCUT2D eigenvalue weighted by Gasteiger charge is 2.14. The lowest BCUT2D eigenvalue weighted by Crippen LogP contribution is -2.39. The lowest BCUT2D eigenvalue weighted by atomic mass is 10.0. The van der Waals surface area contributed by atoms with Gasteiger partial charge in [-0.1, -0.05) is 26.0 Å². The summed E-state index contributed by atoms with van der Waals surface area (Å²) in [5.41, 5.74) is 8.87. The molecule has 0 fully saturated rings. The Kier molecular flexibility index (Phi) is 5.82. The maximum Gasteiger partial charge on any atom is 0.243 e. The molecule has 4 nitrogen and oxygen atoms in total. The van der Waals surface area contributed by atoms with Gasteiger partial charge in [-0.2, -0.15) is 0 Å². The molecule has 0 saturated heterocycles. The van der Waals surface area contributed by atoms with Crippen LogP contribution in [0.2, 0.25) is 0 Å². The molecule has 1 atom stereocenters. The third kappa shape index (κ3) is 3.82. The highest BCUT2D eigenvalue weighted by Crippen LogP contribution is 2.19. The van der Waals surface area contributed by atoms with Gasteiger partial charge in [-0.15, -0.1) is 0 Å². The molecule has 1 aromatic rings. The molecule has 0 bridgehead atoms. The molecule has 1 rings (SSSR count). The van der Waals surface area contributed by atoms with Gasteiger partial charge in [-0.05, 0) is 30.0 Å². The molecule has 18 heavy (non-hydrogen) atoms. The Balaban J connectivity index is 2.84. The van der Waals surface area contributed by atoms with Crippen molar-refractivity contribution in [2.24, 2.45) is 5.73 Å². The molecule has 0 aliphatic heterocycles. The Bertz CT molecular complexity index is 405. The first-order chi connectivity index (χ1) is 8.62. The zero-order valence-corrected chi connectivity index (χ0v) is 11.3. The number of hydrogen-bond acceptors (Lipinski definition) is 3. The molecular formula is C14H22N2O2. The van der Waals surface area contributed by atoms with E-state index in [9.17, 15) is 4.79 Å². The van der Waals surface area contributed by atoms with E-state index in [1.807, 2.05) is 6.07 Å². The van der Waals surface area contributed by atoms with Crippen LogP contribution < -0.4 is 11.1 Å². The highest BCUT2D eigenvalue weighted by atomic mass is 16.5. The van der Waals surface area contributed by atoms with E-state index in [0.717, 1.165) is 24.1 Å². The topological polar surface area (TPSA) is 64.4 Å². The Morgan fingerprint density at radius 3 is 2.67 bits per heavy atom. The molecule has 0 aliphatic carbocycles. The summed E-state index contributed by atoms with van der Waals surface area (Å²) in [5, 5.41) is 2.88. The minimum absolute atomic E-state index is 0.209. The number of rotatable bonds is 6. The van der Waals surface area contributed by atoms with Crippen LogP contribution >= 0.6 is 0 Å². The van der Waals surface area contributed by atoms with Gasteiger partial charge in [0.15, 0.2) is 0 Å². The second-order valence-electron chi connectivity index (χ2n) is 4.25. The molecule has 0 heterocycles. The zero-order valence-electron chi connectivity index (χ0n) is 11.3. The molecule has 1 amide bonds. The summed E-state index contributed by atoms with van der Waals surface area (Å²) in [4.78, 5) is 11.9. The predicted octanol–water partition coefficient (Wildman–Crippen LogP) is 1.72. The summed E-state index contributed by atoms with van der Waals surface area (Å²) in [7, 11) is 1.53. The summed E-state index contributed by atoms with van der Waals surface area (Å²) in [5.74, 6) is -0.209. The van der Waals surface area contributed by atoms with Crippen molar-refractivity contribution in [2.75, 3.05) is 19.0 Å². The molecule has 1 unspecified atom stereocenters. The number of amides is 1. The van der Waals surface area contributed by atoms with Crippen molar-refractivity contribution in [1.82, 2.24) is 0 Å². The van der Waals surface area contributed by atoms with Gasteiger partial charge in [0.2, 0.25) is 5.91 Å². The zero-order chi connectivity index (χ0) is 13.5. The van der Waals surface area contributed by atoms with Gasteiger partial charge in [0.25, 0.3) is 0 Å². The standard InChI is InChI=1S/C14H22N2O2/c1-4-10-6-7-11(5-2)13(8-10)16-14(17)12(15)9-18-3/h6-8,12H,4-5,9,15H2,1-3H3,(H,16,17). The third-order valence-electron chi connectivity index (χ3n) is 2.90. The maximum atomic E-state index is 11.9. The fraction of sp³-hybridized carbons (Fsp3) is 0.500. The average Bonchev–Trinajstić information content (AvgIpc) is 2.38. The van der Waals surface area contributed by atoms with E-state index < -0.39 is 6.04 Å². The van der Waals surface area contributed by atoms with Crippen molar-refractivity contribution in [3.05, 3.63) is 29.3 Å². The molecule has 100 valence electrons. The molecule has 4 heteroatoms. The fourth-order valence-corrected chi connectivity index (χ4v) is 1.75. The van der Waals surface area contributed by atoms with Crippen LogP contribution in [0.25, 0.3) is 0 Å². The van der Waals surface area contributed by atoms with Crippen LogP contribution in [0.15, 0.2) is 18.2 Å². The van der Waals surface area contributed by atoms with Crippen molar-refractivity contribution in [2.45, 2.75) is 32.7 Å². The largest absolute Gasteiger partial charge is 0.383 e. The Morgan fingerprint density at radius 2 is 2.11 bits per heavy atom. The lowest BCUT2D eigenvalue weighted by Gasteiger charge is -2.15. The van der Waals surface area contributed by atoms with E-state index in [-0.39, 0.29) is 12.5 Å². The van der Waals surface area contributed by atoms with Gasteiger partial charge in [0.05, 0.1) is 6.61 Å². The van der Waals surface area contributed by atoms with E-state index in [2.05, 4.69) is 31.3 Å². The molecule has 0 saturated carbocycles. The summed E-state index contributed by atoms with van der Waals surface area (Å²) in [6.45, 7) is 4.37. The van der Waals surface area contributed by atoms with Crippen LogP contribution in [0.5, 0.6) is 0 Å². The third-order valence-corrected chi connectivity index (χ3v) is 2.90. The van der Waals surface area contributed by atoms with Crippen LogP contribution in [0.3, 0.4) is 0 Å². The van der Waals surface area contributed by atoms with Gasteiger partial charge >= 0.3 is 0 Å². The summed E-state index contributed by atoms with van der Waals surface area (Å²) in [6.07, 6.45) is 1.82. The normalized spacial score (nSPS) is 12.2. The van der Waals surface area contributed by atoms with Gasteiger partial charge in [-0.3, -0.25) is 4.79 Å². The van der Waals surface area contributed by atoms with Gasteiger partial charge in [-0.25, -0.2) is 0 Å². The summed E-state index contributed by atoms with van der Waals surface area (Å²) in [6, 6.07) is 5.51. The minimum atomic E-state index is -0.634. The van der Waals surface area contributed by atoms with Crippen LogP contribution in [0.1, 0.15) is 25.0 Å². The second kappa shape index (κ2) is 7.13. The number of carbonyl (C=O) groups excluding carboxylic acids is 1. The molecule has 3 N–H and O–H groups in total. The van der Waals surface area contributed by atoms with Gasteiger partial charge < -0.3 is 15.8 Å². The van der Waals surface area contributed by atoms with Crippen LogP contribution in [0.4, 0.5) is 5.69 Å². The average molecular weight is 250 g/mol. The first-order valence-electron chi connectivity index (χ1n) is 6.29. The van der Waals surface area contributed by atoms with Crippen molar-refractivity contribution in [3.8, 4) is 0 Å². The number of carbonyl (C=O) groups is 1. The Morgan fingerprint density at radius 1 is 1.39 bits per heavy atom. The first-order valence-corrected chi connectivity index (χ1v) is 6.29. The second-order valence-corrected chi connectivity index (χ2v) is 4.25. The fourth-order valence-electron chi connectivity index (χ4n) is 1.75.